The number of benzene rings is 1. The lowest BCUT2D eigenvalue weighted by atomic mass is 9.99. The van der Waals surface area contributed by atoms with Crippen molar-refractivity contribution in [1.29, 1.82) is 0 Å². The van der Waals surface area contributed by atoms with Crippen molar-refractivity contribution in [2.75, 3.05) is 33.8 Å². The molecule has 0 radical (unpaired) electrons. The van der Waals surface area contributed by atoms with Gasteiger partial charge in [-0.25, -0.2) is 0 Å². The number of aromatic nitrogens is 5. The van der Waals surface area contributed by atoms with Crippen LogP contribution in [0.5, 0.6) is 0 Å². The summed E-state index contributed by atoms with van der Waals surface area (Å²) in [7, 11) is 5.89. The van der Waals surface area contributed by atoms with Crippen LogP contribution in [-0.2, 0) is 11.8 Å². The molecule has 2 atom stereocenters. The Labute approximate surface area is 169 Å². The normalized spacial score (nSPS) is 19.7. The molecule has 152 valence electrons. The molecule has 0 bridgehead atoms. The SMILES string of the molecule is CN(C)C[C@@H]1OCCN(C(=O)c2ccccc2-n2cnnc2)[C@H]1c1cnn(C)c1. The van der Waals surface area contributed by atoms with Crippen LogP contribution < -0.4 is 0 Å². The summed E-state index contributed by atoms with van der Waals surface area (Å²) in [5.74, 6) is -0.0461. The van der Waals surface area contributed by atoms with Crippen LogP contribution in [0.3, 0.4) is 0 Å². The number of hydrogen-bond donors (Lipinski definition) is 0. The van der Waals surface area contributed by atoms with E-state index in [1.807, 2.05) is 62.7 Å². The van der Waals surface area contributed by atoms with Crippen molar-refractivity contribution < 1.29 is 9.53 Å². The van der Waals surface area contributed by atoms with Crippen molar-refractivity contribution in [3.8, 4) is 5.69 Å². The molecule has 0 N–H and O–H groups in total. The Morgan fingerprint density at radius 3 is 2.69 bits per heavy atom. The number of aryl methyl sites for hydroxylation is 1. The van der Waals surface area contributed by atoms with E-state index in [1.54, 1.807) is 21.9 Å². The Morgan fingerprint density at radius 1 is 1.24 bits per heavy atom. The summed E-state index contributed by atoms with van der Waals surface area (Å²) in [6, 6.07) is 7.29. The molecule has 29 heavy (non-hydrogen) atoms. The number of hydrogen-bond acceptors (Lipinski definition) is 6. The fourth-order valence-corrected chi connectivity index (χ4v) is 3.82. The summed E-state index contributed by atoms with van der Waals surface area (Å²) < 4.78 is 9.59. The quantitative estimate of drug-likeness (QED) is 0.645. The van der Waals surface area contributed by atoms with Crippen molar-refractivity contribution in [2.24, 2.45) is 7.05 Å². The lowest BCUT2D eigenvalue weighted by molar-refractivity contribution is -0.0684. The molecule has 2 aromatic heterocycles. The number of ether oxygens (including phenoxy) is 1. The Balaban J connectivity index is 1.73. The van der Waals surface area contributed by atoms with E-state index in [0.717, 1.165) is 11.3 Å². The molecule has 1 saturated heterocycles. The molecule has 0 spiro atoms. The second-order valence-corrected chi connectivity index (χ2v) is 7.45. The lowest BCUT2D eigenvalue weighted by Gasteiger charge is -2.42. The van der Waals surface area contributed by atoms with Crippen LogP contribution in [0.25, 0.3) is 5.69 Å². The van der Waals surface area contributed by atoms with Gasteiger partial charge in [0.1, 0.15) is 12.7 Å². The van der Waals surface area contributed by atoms with E-state index in [1.165, 1.54) is 0 Å². The molecule has 9 heteroatoms. The van der Waals surface area contributed by atoms with Crippen LogP contribution in [-0.4, -0.2) is 80.1 Å². The van der Waals surface area contributed by atoms with E-state index in [0.29, 0.717) is 25.3 Å². The topological polar surface area (TPSA) is 81.3 Å². The van der Waals surface area contributed by atoms with Gasteiger partial charge < -0.3 is 14.5 Å². The predicted octanol–water partition coefficient (Wildman–Crippen LogP) is 1.14. The minimum atomic E-state index is -0.221. The molecule has 1 aromatic carbocycles. The van der Waals surface area contributed by atoms with Gasteiger partial charge in [0.15, 0.2) is 0 Å². The van der Waals surface area contributed by atoms with E-state index < -0.39 is 0 Å². The molecule has 1 aliphatic heterocycles. The van der Waals surface area contributed by atoms with Crippen LogP contribution in [0.4, 0.5) is 0 Å². The third-order valence-electron chi connectivity index (χ3n) is 5.06. The number of carbonyl (C=O) groups excluding carboxylic acids is 1. The first-order valence-corrected chi connectivity index (χ1v) is 9.54. The van der Waals surface area contributed by atoms with Gasteiger partial charge in [-0.2, -0.15) is 5.10 Å². The van der Waals surface area contributed by atoms with Gasteiger partial charge in [-0.1, -0.05) is 12.1 Å². The van der Waals surface area contributed by atoms with Crippen LogP contribution in [0.2, 0.25) is 0 Å². The minimum Gasteiger partial charge on any atom is -0.373 e. The molecule has 0 aliphatic carbocycles. The Bertz CT molecular complexity index is 967. The highest BCUT2D eigenvalue weighted by Crippen LogP contribution is 2.32. The van der Waals surface area contributed by atoms with Gasteiger partial charge in [0.2, 0.25) is 0 Å². The minimum absolute atomic E-state index is 0.0461. The molecule has 3 aromatic rings. The highest BCUT2D eigenvalue weighted by molar-refractivity contribution is 5.98. The second-order valence-electron chi connectivity index (χ2n) is 7.45. The maximum Gasteiger partial charge on any atom is 0.256 e. The number of amides is 1. The van der Waals surface area contributed by atoms with Gasteiger partial charge in [-0.05, 0) is 26.2 Å². The van der Waals surface area contributed by atoms with Crippen LogP contribution in [0.15, 0.2) is 49.3 Å². The standard InChI is InChI=1S/C20H25N7O2/c1-24(2)12-18-19(15-10-23-25(3)11-15)27(8-9-29-18)20(28)16-6-4-5-7-17(16)26-13-21-22-14-26/h4-7,10-11,13-14,18-19H,8-9,12H2,1-3H3/t18-,19-/m0/s1. The largest absolute Gasteiger partial charge is 0.373 e. The number of morpholine rings is 1. The first kappa shape index (κ1) is 19.3. The maximum absolute atomic E-state index is 13.7. The Hall–Kier alpha value is -3.04. The van der Waals surface area contributed by atoms with E-state index >= 15 is 0 Å². The molecular formula is C20H25N7O2. The Kier molecular flexibility index (Phi) is 5.41. The molecule has 4 rings (SSSR count). The molecule has 1 amide bonds. The van der Waals surface area contributed by atoms with Crippen molar-refractivity contribution in [3.63, 3.8) is 0 Å². The molecule has 3 heterocycles. The maximum atomic E-state index is 13.7. The number of nitrogens with zero attached hydrogens (tertiary/aromatic N) is 7. The average molecular weight is 395 g/mol. The summed E-state index contributed by atoms with van der Waals surface area (Å²) in [5.41, 5.74) is 2.32. The molecule has 0 unspecified atom stereocenters. The van der Waals surface area contributed by atoms with Gasteiger partial charge in [0.25, 0.3) is 5.91 Å². The highest BCUT2D eigenvalue weighted by Gasteiger charge is 2.38. The van der Waals surface area contributed by atoms with Gasteiger partial charge in [-0.3, -0.25) is 14.0 Å². The number of rotatable bonds is 5. The van der Waals surface area contributed by atoms with Crippen molar-refractivity contribution in [2.45, 2.75) is 12.1 Å². The zero-order chi connectivity index (χ0) is 20.4. The van der Waals surface area contributed by atoms with E-state index in [-0.39, 0.29) is 18.1 Å². The fourth-order valence-electron chi connectivity index (χ4n) is 3.82. The second kappa shape index (κ2) is 8.14. The third-order valence-corrected chi connectivity index (χ3v) is 5.06. The smallest absolute Gasteiger partial charge is 0.256 e. The summed E-state index contributed by atoms with van der Waals surface area (Å²) in [6.45, 7) is 1.71. The van der Waals surface area contributed by atoms with E-state index in [9.17, 15) is 4.79 Å². The van der Waals surface area contributed by atoms with Gasteiger partial charge in [0.05, 0.1) is 36.2 Å². The molecule has 1 aliphatic rings. The zero-order valence-electron chi connectivity index (χ0n) is 16.8. The molecule has 9 nitrogen and oxygen atoms in total. The van der Waals surface area contributed by atoms with Crippen molar-refractivity contribution >= 4 is 5.91 Å². The average Bonchev–Trinajstić information content (AvgIpc) is 3.39. The first-order chi connectivity index (χ1) is 14.0. The van der Waals surface area contributed by atoms with Crippen LogP contribution >= 0.6 is 0 Å². The van der Waals surface area contributed by atoms with E-state index in [2.05, 4.69) is 20.2 Å². The van der Waals surface area contributed by atoms with Gasteiger partial charge >= 0.3 is 0 Å². The highest BCUT2D eigenvalue weighted by atomic mass is 16.5. The van der Waals surface area contributed by atoms with Gasteiger partial charge in [0, 0.05) is 31.9 Å². The predicted molar refractivity (Wildman–Crippen MR) is 107 cm³/mol. The Morgan fingerprint density at radius 2 is 2.00 bits per heavy atom. The van der Waals surface area contributed by atoms with Crippen molar-refractivity contribution in [3.05, 3.63) is 60.4 Å². The van der Waals surface area contributed by atoms with E-state index in [4.69, 9.17) is 4.74 Å². The van der Waals surface area contributed by atoms with Crippen LogP contribution in [0, 0.1) is 0 Å². The zero-order valence-corrected chi connectivity index (χ0v) is 16.8. The number of likely N-dealkylation sites (N-methyl/N-ethyl adjacent to an activating group) is 1. The van der Waals surface area contributed by atoms with Crippen molar-refractivity contribution in [1.82, 2.24) is 34.3 Å². The third kappa shape index (κ3) is 3.92. The summed E-state index contributed by atoms with van der Waals surface area (Å²) in [6.07, 6.45) is 6.81. The monoisotopic (exact) mass is 395 g/mol. The van der Waals surface area contributed by atoms with Crippen LogP contribution in [0.1, 0.15) is 22.0 Å². The number of para-hydroxylation sites is 1. The molecule has 1 fully saturated rings. The lowest BCUT2D eigenvalue weighted by Crippen LogP contribution is -2.51. The summed E-state index contributed by atoms with van der Waals surface area (Å²) >= 11 is 0. The summed E-state index contributed by atoms with van der Waals surface area (Å²) in [5, 5.41) is 12.1. The summed E-state index contributed by atoms with van der Waals surface area (Å²) in [4.78, 5) is 17.7. The molecule has 0 saturated carbocycles. The first-order valence-electron chi connectivity index (χ1n) is 9.54. The van der Waals surface area contributed by atoms with Gasteiger partial charge in [-0.15, -0.1) is 10.2 Å². The number of carbonyl (C=O) groups is 1. The molecular weight excluding hydrogens is 370 g/mol. The fraction of sp³-hybridized carbons (Fsp3) is 0.400.